The van der Waals surface area contributed by atoms with Gasteiger partial charge < -0.3 is 14.2 Å². The molecule has 0 spiro atoms. The van der Waals surface area contributed by atoms with E-state index in [1.165, 1.54) is 89.9 Å². The number of unbranched alkanes of at least 4 members (excludes halogenated alkanes) is 19. The lowest BCUT2D eigenvalue weighted by atomic mass is 10.1. The van der Waals surface area contributed by atoms with E-state index in [1.54, 1.807) is 0 Å². The first-order valence-corrected chi connectivity index (χ1v) is 27.4. The van der Waals surface area contributed by atoms with Gasteiger partial charge in [0.15, 0.2) is 6.10 Å². The van der Waals surface area contributed by atoms with Crippen LogP contribution in [0.4, 0.5) is 0 Å². The van der Waals surface area contributed by atoms with Crippen LogP contribution >= 0.6 is 0 Å². The van der Waals surface area contributed by atoms with Gasteiger partial charge in [0.25, 0.3) is 0 Å². The molecule has 67 heavy (non-hydrogen) atoms. The summed E-state index contributed by atoms with van der Waals surface area (Å²) in [6.07, 6.45) is 73.6. The minimum Gasteiger partial charge on any atom is -0.462 e. The fourth-order valence-corrected chi connectivity index (χ4v) is 7.06. The molecule has 0 saturated heterocycles. The highest BCUT2D eigenvalue weighted by Crippen LogP contribution is 2.12. The maximum absolute atomic E-state index is 12.8. The Morgan fingerprint density at radius 1 is 0.299 bits per heavy atom. The van der Waals surface area contributed by atoms with Crippen molar-refractivity contribution >= 4 is 17.9 Å². The minimum absolute atomic E-state index is 0.116. The number of hydrogen-bond donors (Lipinski definition) is 0. The Hall–Kier alpha value is -3.93. The van der Waals surface area contributed by atoms with Crippen LogP contribution in [0, 0.1) is 0 Å². The molecule has 1 atom stereocenters. The monoisotopic (exact) mass is 929 g/mol. The van der Waals surface area contributed by atoms with Gasteiger partial charge in [-0.05, 0) is 128 Å². The number of hydrogen-bond acceptors (Lipinski definition) is 6. The lowest BCUT2D eigenvalue weighted by Crippen LogP contribution is -2.30. The second-order valence-corrected chi connectivity index (χ2v) is 17.8. The molecule has 0 radical (unpaired) electrons. The highest BCUT2D eigenvalue weighted by atomic mass is 16.6. The van der Waals surface area contributed by atoms with Gasteiger partial charge in [-0.3, -0.25) is 14.4 Å². The summed E-state index contributed by atoms with van der Waals surface area (Å²) in [4.78, 5) is 38.0. The molecule has 6 nitrogen and oxygen atoms in total. The predicted octanol–water partition coefficient (Wildman–Crippen LogP) is 18.3. The largest absolute Gasteiger partial charge is 0.462 e. The van der Waals surface area contributed by atoms with Crippen LogP contribution < -0.4 is 0 Å². The molecule has 0 aromatic carbocycles. The normalized spacial score (nSPS) is 12.9. The van der Waals surface area contributed by atoms with Gasteiger partial charge in [0.05, 0.1) is 0 Å². The molecule has 0 N–H and O–H groups in total. The Morgan fingerprint density at radius 3 is 0.940 bits per heavy atom. The molecule has 0 saturated carbocycles. The molecule has 0 amide bonds. The van der Waals surface area contributed by atoms with Crippen molar-refractivity contribution in [1.82, 2.24) is 0 Å². The molecule has 0 aromatic rings. The maximum atomic E-state index is 12.8. The van der Waals surface area contributed by atoms with Gasteiger partial charge in [-0.25, -0.2) is 0 Å². The van der Waals surface area contributed by atoms with Gasteiger partial charge in [-0.15, -0.1) is 0 Å². The number of esters is 3. The molecule has 0 bridgehead atoms. The molecular weight excluding hydrogens is 829 g/mol. The van der Waals surface area contributed by atoms with E-state index in [0.29, 0.717) is 19.3 Å². The van der Waals surface area contributed by atoms with Gasteiger partial charge in [0.2, 0.25) is 0 Å². The van der Waals surface area contributed by atoms with Crippen LogP contribution in [-0.2, 0) is 28.6 Å². The Labute approximate surface area is 412 Å². The first-order valence-electron chi connectivity index (χ1n) is 27.4. The molecule has 0 aliphatic heterocycles. The molecular formula is C61H100O6. The first kappa shape index (κ1) is 63.1. The molecule has 6 heteroatoms. The Morgan fingerprint density at radius 2 is 0.552 bits per heavy atom. The van der Waals surface area contributed by atoms with E-state index in [4.69, 9.17) is 14.2 Å². The minimum atomic E-state index is -0.825. The van der Waals surface area contributed by atoms with E-state index >= 15 is 0 Å². The van der Waals surface area contributed by atoms with Crippen LogP contribution in [0.1, 0.15) is 239 Å². The Bertz CT molecular complexity index is 1390. The van der Waals surface area contributed by atoms with Crippen molar-refractivity contribution in [3.63, 3.8) is 0 Å². The zero-order chi connectivity index (χ0) is 48.6. The molecule has 0 rings (SSSR count). The van der Waals surface area contributed by atoms with Gasteiger partial charge >= 0.3 is 17.9 Å². The quantitative estimate of drug-likeness (QED) is 0.0262. The van der Waals surface area contributed by atoms with Crippen molar-refractivity contribution < 1.29 is 28.6 Å². The average Bonchev–Trinajstić information content (AvgIpc) is 3.33. The SMILES string of the molecule is CCCCC/C=C\C/C=C\C/C=C\C/C=C\CCCCCC(=O)OC[C@@H](COC(=O)CCCCCCC/C=C\CCCCCC)OC(=O)CCC/C=C\C/C=C\C/C=C\C/C=C\CCCCC. The third kappa shape index (κ3) is 52.9. The standard InChI is InChI=1S/C61H100O6/c1-4-7-10-13-16-19-22-25-27-29-30-32-33-36-39-42-45-48-51-54-60(63)66-57-58(56-65-59(62)53-50-47-44-41-38-35-24-21-18-15-12-9-6-3)67-61(64)55-52-49-46-43-40-37-34-31-28-26-23-20-17-14-11-8-5-2/h16-17,19-21,24-28,30,32,34,36-37,39,43,46,58H,4-15,18,22-23,29,31,33,35,38,40-42,44-45,47-57H2,1-3H3/b19-16-,20-17-,24-21-,27-25-,28-26-,32-30-,37-34-,39-36-,46-43-/t58-/m1/s1. The van der Waals surface area contributed by atoms with E-state index in [-0.39, 0.29) is 37.5 Å². The highest BCUT2D eigenvalue weighted by Gasteiger charge is 2.19. The third-order valence-corrected chi connectivity index (χ3v) is 11.2. The van der Waals surface area contributed by atoms with E-state index < -0.39 is 6.10 Å². The van der Waals surface area contributed by atoms with Crippen LogP contribution in [-0.4, -0.2) is 37.2 Å². The average molecular weight is 929 g/mol. The maximum Gasteiger partial charge on any atom is 0.306 e. The van der Waals surface area contributed by atoms with E-state index in [0.717, 1.165) is 103 Å². The molecule has 0 unspecified atom stereocenters. The zero-order valence-corrected chi connectivity index (χ0v) is 43.4. The van der Waals surface area contributed by atoms with Crippen molar-refractivity contribution in [1.29, 1.82) is 0 Å². The van der Waals surface area contributed by atoms with E-state index in [9.17, 15) is 14.4 Å². The Balaban J connectivity index is 4.55. The smallest absolute Gasteiger partial charge is 0.306 e. The molecule has 0 aliphatic rings. The number of carbonyl (C=O) groups excluding carboxylic acids is 3. The molecule has 0 aromatic heterocycles. The molecule has 0 heterocycles. The van der Waals surface area contributed by atoms with Crippen LogP contribution in [0.15, 0.2) is 109 Å². The summed E-state index contributed by atoms with van der Waals surface area (Å²) in [5, 5.41) is 0. The summed E-state index contributed by atoms with van der Waals surface area (Å²) < 4.78 is 16.7. The second-order valence-electron chi connectivity index (χ2n) is 17.8. The topological polar surface area (TPSA) is 78.9 Å². The van der Waals surface area contributed by atoms with E-state index in [2.05, 4.69) is 130 Å². The van der Waals surface area contributed by atoms with Gasteiger partial charge in [-0.2, -0.15) is 0 Å². The fraction of sp³-hybridized carbons (Fsp3) is 0.656. The fourth-order valence-electron chi connectivity index (χ4n) is 7.06. The number of allylic oxidation sites excluding steroid dienone is 18. The van der Waals surface area contributed by atoms with Crippen LogP contribution in [0.2, 0.25) is 0 Å². The first-order chi connectivity index (χ1) is 33.0. The Kier molecular flexibility index (Phi) is 51.5. The van der Waals surface area contributed by atoms with Crippen molar-refractivity contribution in [3.05, 3.63) is 109 Å². The van der Waals surface area contributed by atoms with Gasteiger partial charge in [-0.1, -0.05) is 201 Å². The van der Waals surface area contributed by atoms with Gasteiger partial charge in [0, 0.05) is 19.3 Å². The number of ether oxygens (including phenoxy) is 3. The summed E-state index contributed by atoms with van der Waals surface area (Å²) in [6.45, 7) is 6.48. The summed E-state index contributed by atoms with van der Waals surface area (Å²) >= 11 is 0. The summed E-state index contributed by atoms with van der Waals surface area (Å²) in [6, 6.07) is 0. The molecule has 0 fully saturated rings. The predicted molar refractivity (Wildman–Crippen MR) is 288 cm³/mol. The van der Waals surface area contributed by atoms with Crippen molar-refractivity contribution in [2.24, 2.45) is 0 Å². The summed E-state index contributed by atoms with van der Waals surface area (Å²) in [7, 11) is 0. The molecule has 380 valence electrons. The lowest BCUT2D eigenvalue weighted by molar-refractivity contribution is -0.167. The van der Waals surface area contributed by atoms with Crippen LogP contribution in [0.25, 0.3) is 0 Å². The van der Waals surface area contributed by atoms with Crippen LogP contribution in [0.3, 0.4) is 0 Å². The third-order valence-electron chi connectivity index (χ3n) is 11.2. The van der Waals surface area contributed by atoms with Crippen molar-refractivity contribution in [3.8, 4) is 0 Å². The molecule has 0 aliphatic carbocycles. The lowest BCUT2D eigenvalue weighted by Gasteiger charge is -2.18. The highest BCUT2D eigenvalue weighted by molar-refractivity contribution is 5.71. The summed E-state index contributed by atoms with van der Waals surface area (Å²) in [5.41, 5.74) is 0. The number of carbonyl (C=O) groups is 3. The second kappa shape index (κ2) is 54.7. The van der Waals surface area contributed by atoms with Crippen molar-refractivity contribution in [2.45, 2.75) is 245 Å². The van der Waals surface area contributed by atoms with Gasteiger partial charge in [0.1, 0.15) is 13.2 Å². The van der Waals surface area contributed by atoms with E-state index in [1.807, 2.05) is 0 Å². The summed E-state index contributed by atoms with van der Waals surface area (Å²) in [5.74, 6) is -1.02. The van der Waals surface area contributed by atoms with Crippen molar-refractivity contribution in [2.75, 3.05) is 13.2 Å². The van der Waals surface area contributed by atoms with Crippen LogP contribution in [0.5, 0.6) is 0 Å². The zero-order valence-electron chi connectivity index (χ0n) is 43.4. The number of rotatable bonds is 48.